The Balaban J connectivity index is 1.50. The molecule has 1 saturated carbocycles. The van der Waals surface area contributed by atoms with Crippen LogP contribution in [0, 0.1) is 5.92 Å². The normalized spacial score (nSPS) is 21.4. The standard InChI is InChI=1S/C29H39N5O4S/c1-4-24(35)31-21-13-8-12-20(16-21)26(36)22-17-39-28(32-22)23-14-9-15-34(23)29(38)25(19-10-6-5-7-11-19)33-27(37)18(2)30-3/h4,12,16-19,23,25,30H,1,5-11,13-15H2,2-3H3,(H,31,35)(H,33,37)/t18-,23-,25-/m0/s1. The summed E-state index contributed by atoms with van der Waals surface area (Å²) in [6, 6.07) is -1.16. The SMILES string of the molecule is C=CC(=O)NC1=CC(C(=O)c2csc([C@@H]3CCCN3C(=O)[C@@H](NC(=O)[C@H](C)NC)C3CCCCC3)n2)=CCC1. The fourth-order valence-corrected chi connectivity index (χ4v) is 6.53. The van der Waals surface area contributed by atoms with Crippen molar-refractivity contribution in [3.05, 3.63) is 52.2 Å². The van der Waals surface area contributed by atoms with E-state index in [1.54, 1.807) is 25.4 Å². The lowest BCUT2D eigenvalue weighted by molar-refractivity contribution is -0.139. The third kappa shape index (κ3) is 6.91. The first-order valence-corrected chi connectivity index (χ1v) is 14.8. The van der Waals surface area contributed by atoms with E-state index in [0.29, 0.717) is 36.4 Å². The van der Waals surface area contributed by atoms with E-state index in [4.69, 9.17) is 0 Å². The average Bonchev–Trinajstić information content (AvgIpc) is 3.65. The van der Waals surface area contributed by atoms with Gasteiger partial charge in [-0.1, -0.05) is 31.9 Å². The van der Waals surface area contributed by atoms with Crippen molar-refractivity contribution in [1.29, 1.82) is 0 Å². The Kier molecular flexibility index (Phi) is 9.85. The minimum atomic E-state index is -0.558. The molecular formula is C29H39N5O4S. The van der Waals surface area contributed by atoms with E-state index in [9.17, 15) is 19.2 Å². The zero-order chi connectivity index (χ0) is 27.9. The summed E-state index contributed by atoms with van der Waals surface area (Å²) in [5, 5.41) is 11.3. The van der Waals surface area contributed by atoms with Crippen LogP contribution in [0.3, 0.4) is 0 Å². The molecule has 3 aliphatic rings. The molecule has 2 aliphatic carbocycles. The van der Waals surface area contributed by atoms with Gasteiger partial charge >= 0.3 is 0 Å². The van der Waals surface area contributed by atoms with E-state index >= 15 is 0 Å². The number of hydrogen-bond donors (Lipinski definition) is 3. The molecule has 9 nitrogen and oxygen atoms in total. The molecule has 0 unspecified atom stereocenters. The fraction of sp³-hybridized carbons (Fsp3) is 0.552. The van der Waals surface area contributed by atoms with E-state index in [1.807, 2.05) is 11.0 Å². The van der Waals surface area contributed by atoms with Crippen molar-refractivity contribution in [3.63, 3.8) is 0 Å². The maximum Gasteiger partial charge on any atom is 0.247 e. The van der Waals surface area contributed by atoms with Gasteiger partial charge in [-0.25, -0.2) is 4.98 Å². The maximum absolute atomic E-state index is 14.0. The molecule has 3 atom stereocenters. The average molecular weight is 554 g/mol. The van der Waals surface area contributed by atoms with Gasteiger partial charge in [0.2, 0.25) is 23.5 Å². The monoisotopic (exact) mass is 553 g/mol. The Morgan fingerprint density at radius 2 is 1.92 bits per heavy atom. The van der Waals surface area contributed by atoms with Crippen molar-refractivity contribution in [1.82, 2.24) is 25.8 Å². The van der Waals surface area contributed by atoms with E-state index in [1.165, 1.54) is 17.4 Å². The highest BCUT2D eigenvalue weighted by atomic mass is 32.1. The van der Waals surface area contributed by atoms with Gasteiger partial charge in [0, 0.05) is 23.2 Å². The number of aromatic nitrogens is 1. The van der Waals surface area contributed by atoms with Crippen LogP contribution in [0.15, 0.2) is 41.5 Å². The number of carbonyl (C=O) groups is 4. The lowest BCUT2D eigenvalue weighted by Crippen LogP contribution is -2.55. The van der Waals surface area contributed by atoms with Gasteiger partial charge in [0.15, 0.2) is 0 Å². The molecule has 2 fully saturated rings. The predicted octanol–water partition coefficient (Wildman–Crippen LogP) is 3.57. The van der Waals surface area contributed by atoms with Gasteiger partial charge in [-0.15, -0.1) is 11.3 Å². The molecule has 0 aromatic carbocycles. The molecule has 3 amide bonds. The smallest absolute Gasteiger partial charge is 0.247 e. The second-order valence-electron chi connectivity index (χ2n) is 10.5. The molecule has 39 heavy (non-hydrogen) atoms. The lowest BCUT2D eigenvalue weighted by Gasteiger charge is -2.35. The summed E-state index contributed by atoms with van der Waals surface area (Å²) in [5.41, 5.74) is 1.51. The number of ketones is 1. The number of Topliss-reactive ketones (excluding diaryl/α,β-unsaturated/α-hetero) is 1. The van der Waals surface area contributed by atoms with Crippen LogP contribution in [-0.4, -0.2) is 59.1 Å². The van der Waals surface area contributed by atoms with Crippen molar-refractivity contribution in [2.75, 3.05) is 13.6 Å². The summed E-state index contributed by atoms with van der Waals surface area (Å²) in [6.45, 7) is 5.86. The molecule has 0 radical (unpaired) electrons. The van der Waals surface area contributed by atoms with E-state index in [2.05, 4.69) is 27.5 Å². The number of nitrogens with zero attached hydrogens (tertiary/aromatic N) is 2. The van der Waals surface area contributed by atoms with Crippen LogP contribution >= 0.6 is 11.3 Å². The first kappa shape index (κ1) is 28.9. The molecule has 4 rings (SSSR count). The lowest BCUT2D eigenvalue weighted by atomic mass is 9.83. The molecule has 0 spiro atoms. The second kappa shape index (κ2) is 13.3. The van der Waals surface area contributed by atoms with E-state index < -0.39 is 6.04 Å². The molecule has 1 aromatic rings. The summed E-state index contributed by atoms with van der Waals surface area (Å²) < 4.78 is 0. The summed E-state index contributed by atoms with van der Waals surface area (Å²) in [6.07, 6.45) is 12.8. The third-order valence-corrected chi connectivity index (χ3v) is 8.87. The van der Waals surface area contributed by atoms with Crippen LogP contribution in [0.25, 0.3) is 0 Å². The quantitative estimate of drug-likeness (QED) is 0.301. The predicted molar refractivity (Wildman–Crippen MR) is 151 cm³/mol. The number of thiazole rings is 1. The van der Waals surface area contributed by atoms with Gasteiger partial charge < -0.3 is 20.9 Å². The van der Waals surface area contributed by atoms with Gasteiger partial charge in [-0.2, -0.15) is 0 Å². The number of carbonyl (C=O) groups excluding carboxylic acids is 4. The molecule has 1 aliphatic heterocycles. The zero-order valence-electron chi connectivity index (χ0n) is 22.8. The van der Waals surface area contributed by atoms with E-state index in [0.717, 1.165) is 50.0 Å². The number of hydrogen-bond acceptors (Lipinski definition) is 7. The van der Waals surface area contributed by atoms with Crippen molar-refractivity contribution in [2.45, 2.75) is 82.8 Å². The van der Waals surface area contributed by atoms with E-state index in [-0.39, 0.29) is 41.5 Å². The second-order valence-corrected chi connectivity index (χ2v) is 11.4. The van der Waals surface area contributed by atoms with Crippen LogP contribution in [-0.2, 0) is 14.4 Å². The Labute approximate surface area is 234 Å². The Bertz CT molecular complexity index is 1170. The summed E-state index contributed by atoms with van der Waals surface area (Å²) in [7, 11) is 1.73. The molecular weight excluding hydrogens is 514 g/mol. The van der Waals surface area contributed by atoms with Gasteiger partial charge in [-0.3, -0.25) is 19.2 Å². The van der Waals surface area contributed by atoms with Crippen LogP contribution in [0.5, 0.6) is 0 Å². The number of amides is 3. The Morgan fingerprint density at radius 3 is 2.64 bits per heavy atom. The highest BCUT2D eigenvalue weighted by molar-refractivity contribution is 7.10. The number of nitrogens with one attached hydrogen (secondary N) is 3. The van der Waals surface area contributed by atoms with Crippen LogP contribution < -0.4 is 16.0 Å². The van der Waals surface area contributed by atoms with Crippen LogP contribution in [0.2, 0.25) is 0 Å². The topological polar surface area (TPSA) is 121 Å². The molecule has 10 heteroatoms. The van der Waals surface area contributed by atoms with Crippen molar-refractivity contribution in [3.8, 4) is 0 Å². The molecule has 0 bridgehead atoms. The van der Waals surface area contributed by atoms with Crippen LogP contribution in [0.4, 0.5) is 0 Å². The minimum absolute atomic E-state index is 0.0512. The maximum atomic E-state index is 14.0. The number of likely N-dealkylation sites (N-methyl/N-ethyl adjacent to an activating group) is 1. The zero-order valence-corrected chi connectivity index (χ0v) is 23.6. The first-order valence-electron chi connectivity index (χ1n) is 13.9. The Morgan fingerprint density at radius 1 is 1.15 bits per heavy atom. The highest BCUT2D eigenvalue weighted by Gasteiger charge is 2.40. The number of allylic oxidation sites excluding steroid dienone is 4. The van der Waals surface area contributed by atoms with Gasteiger partial charge in [0.25, 0.3) is 0 Å². The number of likely N-dealkylation sites (tertiary alicyclic amines) is 1. The molecule has 1 saturated heterocycles. The van der Waals surface area contributed by atoms with Gasteiger partial charge in [0.1, 0.15) is 16.7 Å². The largest absolute Gasteiger partial charge is 0.343 e. The van der Waals surface area contributed by atoms with Crippen molar-refractivity contribution < 1.29 is 19.2 Å². The summed E-state index contributed by atoms with van der Waals surface area (Å²) in [5.74, 6) is -0.608. The Hall–Kier alpha value is -3.11. The summed E-state index contributed by atoms with van der Waals surface area (Å²) >= 11 is 1.39. The highest BCUT2D eigenvalue weighted by Crippen LogP contribution is 2.36. The molecule has 1 aromatic heterocycles. The van der Waals surface area contributed by atoms with Gasteiger partial charge in [-0.05, 0) is 70.6 Å². The van der Waals surface area contributed by atoms with Crippen molar-refractivity contribution >= 4 is 34.8 Å². The van der Waals surface area contributed by atoms with Crippen LogP contribution in [0.1, 0.15) is 86.2 Å². The van der Waals surface area contributed by atoms with Gasteiger partial charge in [0.05, 0.1) is 12.1 Å². The summed E-state index contributed by atoms with van der Waals surface area (Å²) in [4.78, 5) is 58.2. The molecule has 210 valence electrons. The third-order valence-electron chi connectivity index (χ3n) is 7.93. The fourth-order valence-electron chi connectivity index (χ4n) is 5.58. The van der Waals surface area contributed by atoms with Crippen molar-refractivity contribution in [2.24, 2.45) is 5.92 Å². The molecule has 2 heterocycles. The molecule has 3 N–H and O–H groups in total. The number of rotatable bonds is 10. The minimum Gasteiger partial charge on any atom is -0.343 e. The first-order chi connectivity index (χ1) is 18.8.